The topological polar surface area (TPSA) is 73.0 Å². The lowest BCUT2D eigenvalue weighted by Gasteiger charge is -2.12. The minimum atomic E-state index is -0.111. The van der Waals surface area contributed by atoms with Gasteiger partial charge in [-0.1, -0.05) is 23.7 Å². The number of anilines is 1. The summed E-state index contributed by atoms with van der Waals surface area (Å²) in [7, 11) is 0. The molecule has 122 valence electrons. The molecule has 6 heteroatoms. The van der Waals surface area contributed by atoms with E-state index in [1.54, 1.807) is 19.1 Å². The van der Waals surface area contributed by atoms with Crippen molar-refractivity contribution in [2.75, 3.05) is 5.73 Å². The van der Waals surface area contributed by atoms with Gasteiger partial charge in [0.15, 0.2) is 11.6 Å². The molecule has 2 heterocycles. The number of nitrogens with zero attached hydrogens (tertiary/aromatic N) is 1. The van der Waals surface area contributed by atoms with E-state index >= 15 is 0 Å². The van der Waals surface area contributed by atoms with Crippen molar-refractivity contribution in [1.82, 2.24) is 4.98 Å². The molecule has 4 nitrogen and oxygen atoms in total. The number of Topliss-reactive ketones (excluding diaryl/α,β-unsaturated/α-hetero) is 2. The Balaban J connectivity index is 2.50. The fourth-order valence-electron chi connectivity index (χ4n) is 2.86. The zero-order valence-corrected chi connectivity index (χ0v) is 15.0. The number of thiophene rings is 1. The van der Waals surface area contributed by atoms with Gasteiger partial charge in [-0.25, -0.2) is 4.98 Å². The van der Waals surface area contributed by atoms with Gasteiger partial charge in [0.1, 0.15) is 4.83 Å². The zero-order chi connectivity index (χ0) is 17.6. The molecule has 0 saturated carbocycles. The van der Waals surface area contributed by atoms with Crippen LogP contribution in [0, 0.1) is 6.92 Å². The molecular formula is C18H15ClN2O2S. The van der Waals surface area contributed by atoms with E-state index in [-0.39, 0.29) is 11.6 Å². The molecule has 0 bridgehead atoms. The first-order chi connectivity index (χ1) is 11.3. The number of ketones is 2. The second kappa shape index (κ2) is 6.00. The van der Waals surface area contributed by atoms with E-state index in [0.717, 1.165) is 5.56 Å². The summed E-state index contributed by atoms with van der Waals surface area (Å²) in [6.45, 7) is 4.77. The van der Waals surface area contributed by atoms with E-state index in [1.165, 1.54) is 25.2 Å². The van der Waals surface area contributed by atoms with E-state index in [4.69, 9.17) is 17.3 Å². The zero-order valence-electron chi connectivity index (χ0n) is 13.4. The van der Waals surface area contributed by atoms with Gasteiger partial charge in [-0.2, -0.15) is 0 Å². The first-order valence-corrected chi connectivity index (χ1v) is 8.51. The highest BCUT2D eigenvalue weighted by molar-refractivity contribution is 7.21. The maximum Gasteiger partial charge on any atom is 0.171 e. The van der Waals surface area contributed by atoms with Crippen LogP contribution in [0.25, 0.3) is 21.3 Å². The maximum atomic E-state index is 12.3. The van der Waals surface area contributed by atoms with Crippen molar-refractivity contribution in [2.45, 2.75) is 20.8 Å². The lowest BCUT2D eigenvalue weighted by molar-refractivity contribution is 0.101. The number of fused-ring (bicyclic) bond motifs is 1. The second-order valence-corrected chi connectivity index (χ2v) is 7.03. The lowest BCUT2D eigenvalue weighted by Crippen LogP contribution is -2.04. The molecule has 0 unspecified atom stereocenters. The van der Waals surface area contributed by atoms with Crippen LogP contribution < -0.4 is 5.73 Å². The number of benzene rings is 1. The number of aryl methyl sites for hydroxylation is 1. The fraction of sp³-hybridized carbons (Fsp3) is 0.167. The Kier molecular flexibility index (Phi) is 4.15. The molecule has 0 fully saturated rings. The van der Waals surface area contributed by atoms with E-state index in [0.29, 0.717) is 42.6 Å². The van der Waals surface area contributed by atoms with E-state index in [1.807, 2.05) is 12.1 Å². The summed E-state index contributed by atoms with van der Waals surface area (Å²) in [5.41, 5.74) is 9.29. The molecule has 2 aromatic heterocycles. The number of carbonyl (C=O) groups excluding carboxylic acids is 2. The summed E-state index contributed by atoms with van der Waals surface area (Å²) in [6, 6.07) is 7.20. The molecule has 1 aromatic carbocycles. The Morgan fingerprint density at radius 1 is 1.12 bits per heavy atom. The van der Waals surface area contributed by atoms with Crippen LogP contribution in [0.1, 0.15) is 39.6 Å². The number of hydrogen-bond donors (Lipinski definition) is 1. The van der Waals surface area contributed by atoms with Crippen LogP contribution in [0.3, 0.4) is 0 Å². The Morgan fingerprint density at radius 3 is 2.29 bits per heavy atom. The van der Waals surface area contributed by atoms with Gasteiger partial charge in [-0.3, -0.25) is 9.59 Å². The van der Waals surface area contributed by atoms with Gasteiger partial charge in [0.05, 0.1) is 16.3 Å². The Hall–Kier alpha value is -2.24. The molecule has 0 atom stereocenters. The van der Waals surface area contributed by atoms with Gasteiger partial charge in [0.2, 0.25) is 0 Å². The van der Waals surface area contributed by atoms with Crippen LogP contribution in [0.2, 0.25) is 5.02 Å². The van der Waals surface area contributed by atoms with Crippen LogP contribution in [-0.4, -0.2) is 16.6 Å². The van der Waals surface area contributed by atoms with Crippen LogP contribution in [0.4, 0.5) is 5.69 Å². The lowest BCUT2D eigenvalue weighted by atomic mass is 9.93. The molecule has 3 aromatic rings. The van der Waals surface area contributed by atoms with Crippen LogP contribution in [0.15, 0.2) is 24.3 Å². The molecule has 0 aliphatic heterocycles. The van der Waals surface area contributed by atoms with Crippen LogP contribution in [-0.2, 0) is 0 Å². The third-order valence-corrected chi connectivity index (χ3v) is 5.31. The van der Waals surface area contributed by atoms with Crippen molar-refractivity contribution in [1.29, 1.82) is 0 Å². The van der Waals surface area contributed by atoms with E-state index in [2.05, 4.69) is 4.98 Å². The number of hydrogen-bond acceptors (Lipinski definition) is 5. The number of carbonyl (C=O) groups is 2. The van der Waals surface area contributed by atoms with Crippen LogP contribution in [0.5, 0.6) is 0 Å². The Labute approximate surface area is 148 Å². The molecule has 0 amide bonds. The molecule has 0 radical (unpaired) electrons. The van der Waals surface area contributed by atoms with Crippen LogP contribution >= 0.6 is 22.9 Å². The third-order valence-electron chi connectivity index (χ3n) is 3.86. The Bertz CT molecular complexity index is 991. The largest absolute Gasteiger partial charge is 0.397 e. The van der Waals surface area contributed by atoms with Crippen molar-refractivity contribution in [3.8, 4) is 11.1 Å². The maximum absolute atomic E-state index is 12.3. The number of halogens is 1. The summed E-state index contributed by atoms with van der Waals surface area (Å²) in [6.07, 6.45) is 0. The Morgan fingerprint density at radius 2 is 1.75 bits per heavy atom. The molecule has 24 heavy (non-hydrogen) atoms. The summed E-state index contributed by atoms with van der Waals surface area (Å²) in [5.74, 6) is -0.207. The van der Waals surface area contributed by atoms with E-state index in [9.17, 15) is 9.59 Å². The smallest absolute Gasteiger partial charge is 0.171 e. The highest BCUT2D eigenvalue weighted by Gasteiger charge is 2.23. The summed E-state index contributed by atoms with van der Waals surface area (Å²) >= 11 is 7.24. The van der Waals surface area contributed by atoms with Gasteiger partial charge in [-0.15, -0.1) is 11.3 Å². The van der Waals surface area contributed by atoms with Gasteiger partial charge in [0.25, 0.3) is 0 Å². The van der Waals surface area contributed by atoms with Gasteiger partial charge >= 0.3 is 0 Å². The average molecular weight is 359 g/mol. The quantitative estimate of drug-likeness (QED) is 0.675. The number of nitrogens with two attached hydrogens (primary N) is 1. The van der Waals surface area contributed by atoms with Crippen molar-refractivity contribution >= 4 is 50.4 Å². The van der Waals surface area contributed by atoms with Gasteiger partial charge in [0, 0.05) is 28.5 Å². The molecule has 0 spiro atoms. The molecule has 3 rings (SSSR count). The normalized spacial score (nSPS) is 11.0. The minimum Gasteiger partial charge on any atom is -0.397 e. The minimum absolute atomic E-state index is 0.0955. The molecular weight excluding hydrogens is 344 g/mol. The van der Waals surface area contributed by atoms with E-state index < -0.39 is 0 Å². The summed E-state index contributed by atoms with van der Waals surface area (Å²) in [5, 5.41) is 1.26. The fourth-order valence-corrected chi connectivity index (χ4v) is 4.04. The first kappa shape index (κ1) is 16.6. The summed E-state index contributed by atoms with van der Waals surface area (Å²) in [4.78, 5) is 29.7. The highest BCUT2D eigenvalue weighted by atomic mass is 35.5. The number of nitrogen functional groups attached to an aromatic ring is 1. The standard InChI is InChI=1S/C18H15ClN2O2S/c1-8-13(9(2)22)14(11-4-6-12(19)7-5-11)15-16(20)17(10(3)23)24-18(15)21-8/h4-7H,20H2,1-3H3. The molecule has 0 aliphatic carbocycles. The monoisotopic (exact) mass is 358 g/mol. The molecule has 2 N–H and O–H groups in total. The average Bonchev–Trinajstić information content (AvgIpc) is 2.83. The predicted octanol–water partition coefficient (Wildman–Crippen LogP) is 4.91. The van der Waals surface area contributed by atoms with Crippen molar-refractivity contribution in [2.24, 2.45) is 0 Å². The first-order valence-electron chi connectivity index (χ1n) is 7.31. The number of pyridine rings is 1. The third kappa shape index (κ3) is 2.60. The SMILES string of the molecule is CC(=O)c1sc2nc(C)c(C(C)=O)c(-c3ccc(Cl)cc3)c2c1N. The van der Waals surface area contributed by atoms with Crippen molar-refractivity contribution in [3.63, 3.8) is 0 Å². The van der Waals surface area contributed by atoms with Crippen molar-refractivity contribution < 1.29 is 9.59 Å². The van der Waals surface area contributed by atoms with Gasteiger partial charge < -0.3 is 5.73 Å². The summed E-state index contributed by atoms with van der Waals surface area (Å²) < 4.78 is 0. The highest BCUT2D eigenvalue weighted by Crippen LogP contribution is 2.42. The molecule has 0 saturated heterocycles. The predicted molar refractivity (Wildman–Crippen MR) is 99.2 cm³/mol. The van der Waals surface area contributed by atoms with Crippen molar-refractivity contribution in [3.05, 3.63) is 45.4 Å². The number of rotatable bonds is 3. The molecule has 0 aliphatic rings. The van der Waals surface area contributed by atoms with Gasteiger partial charge in [-0.05, 0) is 31.5 Å². The number of aromatic nitrogens is 1. The second-order valence-electron chi connectivity index (χ2n) is 5.59.